The van der Waals surface area contributed by atoms with Crippen molar-refractivity contribution >= 4 is 34.4 Å². The number of nitrogens with one attached hydrogen (secondary N) is 1. The molecular formula is C24H28ClN3O3. The summed E-state index contributed by atoms with van der Waals surface area (Å²) in [4.78, 5) is 19.4. The molecule has 0 spiro atoms. The van der Waals surface area contributed by atoms with E-state index in [0.717, 1.165) is 55.2 Å². The number of halogens is 1. The van der Waals surface area contributed by atoms with Crippen molar-refractivity contribution in [3.8, 4) is 0 Å². The number of aromatic nitrogens is 1. The summed E-state index contributed by atoms with van der Waals surface area (Å²) in [5.74, 6) is 2.08. The third-order valence-corrected chi connectivity index (χ3v) is 8.08. The van der Waals surface area contributed by atoms with Crippen molar-refractivity contribution in [1.29, 1.82) is 0 Å². The summed E-state index contributed by atoms with van der Waals surface area (Å²) in [6.45, 7) is 1.31. The molecule has 3 atom stereocenters. The van der Waals surface area contributed by atoms with Crippen molar-refractivity contribution < 1.29 is 14.6 Å². The van der Waals surface area contributed by atoms with Gasteiger partial charge in [0.25, 0.3) is 0 Å². The molecule has 7 heteroatoms. The Kier molecular flexibility index (Phi) is 4.58. The summed E-state index contributed by atoms with van der Waals surface area (Å²) in [6, 6.07) is 9.80. The van der Waals surface area contributed by atoms with E-state index in [9.17, 15) is 9.90 Å². The number of pyridine rings is 1. The number of hydrogen-bond acceptors (Lipinski definition) is 5. The highest BCUT2D eigenvalue weighted by molar-refractivity contribution is 6.31. The highest BCUT2D eigenvalue weighted by Gasteiger charge is 2.56. The number of ether oxygens (including phenoxy) is 1. The minimum Gasteiger partial charge on any atom is -0.446 e. The van der Waals surface area contributed by atoms with Crippen LogP contribution in [0.15, 0.2) is 30.3 Å². The van der Waals surface area contributed by atoms with Crippen molar-refractivity contribution in [2.75, 3.05) is 18.4 Å². The third kappa shape index (κ3) is 3.64. The fourth-order valence-corrected chi connectivity index (χ4v) is 6.93. The van der Waals surface area contributed by atoms with Crippen molar-refractivity contribution in [2.24, 2.45) is 17.8 Å². The van der Waals surface area contributed by atoms with Crippen LogP contribution in [0.25, 0.3) is 10.9 Å². The molecular weight excluding hydrogens is 414 g/mol. The number of aliphatic hydroxyl groups is 1. The zero-order valence-corrected chi connectivity index (χ0v) is 18.2. The van der Waals surface area contributed by atoms with E-state index in [2.05, 4.69) is 10.3 Å². The number of nitrogens with zero attached hydrogens (tertiary/aromatic N) is 2. The van der Waals surface area contributed by atoms with Gasteiger partial charge in [-0.1, -0.05) is 11.6 Å². The van der Waals surface area contributed by atoms with Gasteiger partial charge in [-0.15, -0.1) is 0 Å². The molecule has 2 N–H and O–H groups in total. The van der Waals surface area contributed by atoms with Crippen LogP contribution in [0.3, 0.4) is 0 Å². The maximum Gasteiger partial charge on any atom is 0.410 e. The van der Waals surface area contributed by atoms with Gasteiger partial charge in [-0.05, 0) is 86.6 Å². The number of hydrogen-bond donors (Lipinski definition) is 2. The second-order valence-electron chi connectivity index (χ2n) is 10.2. The van der Waals surface area contributed by atoms with Gasteiger partial charge in [0.05, 0.1) is 11.1 Å². The predicted octanol–water partition coefficient (Wildman–Crippen LogP) is 4.45. The smallest absolute Gasteiger partial charge is 0.410 e. The fraction of sp³-hybridized carbons (Fsp3) is 0.583. The Morgan fingerprint density at radius 3 is 2.77 bits per heavy atom. The molecule has 164 valence electrons. The molecule has 5 aliphatic rings. The number of benzene rings is 1. The first-order chi connectivity index (χ1) is 14.9. The van der Waals surface area contributed by atoms with Crippen LogP contribution in [-0.4, -0.2) is 51.9 Å². The topological polar surface area (TPSA) is 74.7 Å². The molecule has 4 aliphatic carbocycles. The molecule has 31 heavy (non-hydrogen) atoms. The standard InChI is InChI=1S/C24H28ClN3O3/c25-18-2-3-20-15(9-18)1-4-21(27-20)26-19-5-6-28(13-19)23(29)31-22-16-7-14-8-17(22)12-24(30,10-14)11-16/h1-4,9,14,16-17,19,22,30H,5-8,10-13H2,(H,26,27). The van der Waals surface area contributed by atoms with Gasteiger partial charge in [0, 0.05) is 29.5 Å². The first-order valence-corrected chi connectivity index (χ1v) is 11.8. The van der Waals surface area contributed by atoms with Gasteiger partial charge in [-0.25, -0.2) is 9.78 Å². The second-order valence-corrected chi connectivity index (χ2v) is 10.6. The fourth-order valence-electron chi connectivity index (χ4n) is 6.75. The van der Waals surface area contributed by atoms with Gasteiger partial charge in [-0.2, -0.15) is 0 Å². The molecule has 1 aromatic carbocycles. The molecule has 7 rings (SSSR count). The number of carbonyl (C=O) groups excluding carboxylic acids is 1. The summed E-state index contributed by atoms with van der Waals surface area (Å²) < 4.78 is 6.04. The van der Waals surface area contributed by atoms with E-state index >= 15 is 0 Å². The van der Waals surface area contributed by atoms with Crippen LogP contribution in [0.1, 0.15) is 38.5 Å². The molecule has 0 radical (unpaired) electrons. The Hall–Kier alpha value is -2.05. The molecule has 1 aliphatic heterocycles. The van der Waals surface area contributed by atoms with Gasteiger partial charge >= 0.3 is 6.09 Å². The normalized spacial score (nSPS) is 36.2. The van der Waals surface area contributed by atoms with Crippen molar-refractivity contribution in [2.45, 2.75) is 56.3 Å². The summed E-state index contributed by atoms with van der Waals surface area (Å²) in [5, 5.41) is 15.9. The molecule has 2 aromatic rings. The summed E-state index contributed by atoms with van der Waals surface area (Å²) in [6.07, 6.45) is 5.37. The van der Waals surface area contributed by atoms with E-state index in [4.69, 9.17) is 16.3 Å². The van der Waals surface area contributed by atoms with Crippen LogP contribution < -0.4 is 5.32 Å². The van der Waals surface area contributed by atoms with Crippen molar-refractivity contribution in [1.82, 2.24) is 9.88 Å². The number of amides is 1. The molecule has 1 amide bonds. The van der Waals surface area contributed by atoms with Crippen LogP contribution in [0.5, 0.6) is 0 Å². The van der Waals surface area contributed by atoms with E-state index < -0.39 is 5.60 Å². The van der Waals surface area contributed by atoms with E-state index in [1.54, 1.807) is 0 Å². The molecule has 4 saturated carbocycles. The Bertz CT molecular complexity index is 1010. The summed E-state index contributed by atoms with van der Waals surface area (Å²) in [5.41, 5.74) is 0.396. The molecule has 6 nitrogen and oxygen atoms in total. The van der Waals surface area contributed by atoms with Crippen LogP contribution >= 0.6 is 11.6 Å². The van der Waals surface area contributed by atoms with Gasteiger partial charge in [-0.3, -0.25) is 0 Å². The predicted molar refractivity (Wildman–Crippen MR) is 119 cm³/mol. The van der Waals surface area contributed by atoms with Crippen LogP contribution in [0.4, 0.5) is 10.6 Å². The van der Waals surface area contributed by atoms with Crippen LogP contribution in [0.2, 0.25) is 5.02 Å². The lowest BCUT2D eigenvalue weighted by Gasteiger charge is -2.57. The Morgan fingerprint density at radius 1 is 1.19 bits per heavy atom. The van der Waals surface area contributed by atoms with E-state index in [1.807, 2.05) is 35.2 Å². The number of fused-ring (bicyclic) bond motifs is 1. The number of anilines is 1. The second kappa shape index (κ2) is 7.24. The molecule has 3 unspecified atom stereocenters. The molecule has 5 fully saturated rings. The first-order valence-electron chi connectivity index (χ1n) is 11.4. The minimum atomic E-state index is -0.500. The third-order valence-electron chi connectivity index (χ3n) is 7.84. The summed E-state index contributed by atoms with van der Waals surface area (Å²) in [7, 11) is 0. The Labute approximate surface area is 186 Å². The Balaban J connectivity index is 1.07. The lowest BCUT2D eigenvalue weighted by atomic mass is 9.53. The van der Waals surface area contributed by atoms with Gasteiger partial charge in [0.1, 0.15) is 11.9 Å². The summed E-state index contributed by atoms with van der Waals surface area (Å²) >= 11 is 6.05. The number of likely N-dealkylation sites (tertiary alicyclic amines) is 1. The quantitative estimate of drug-likeness (QED) is 0.736. The number of rotatable bonds is 3. The van der Waals surface area contributed by atoms with Gasteiger partial charge in [0.2, 0.25) is 0 Å². The molecule has 1 saturated heterocycles. The average molecular weight is 442 g/mol. The maximum absolute atomic E-state index is 12.9. The molecule has 2 heterocycles. The van der Waals surface area contributed by atoms with Crippen LogP contribution in [0, 0.1) is 17.8 Å². The lowest BCUT2D eigenvalue weighted by molar-refractivity contribution is -0.177. The monoisotopic (exact) mass is 441 g/mol. The van der Waals surface area contributed by atoms with Gasteiger partial charge in [0.15, 0.2) is 0 Å². The SMILES string of the molecule is O=C(OC1C2CC3CC1CC(O)(C3)C2)N1CCC(Nc2ccc3cc(Cl)ccc3n2)C1. The van der Waals surface area contributed by atoms with Crippen molar-refractivity contribution in [3.05, 3.63) is 35.4 Å². The zero-order chi connectivity index (χ0) is 21.2. The molecule has 1 aromatic heterocycles. The number of carbonyl (C=O) groups is 1. The first kappa shape index (κ1) is 19.6. The maximum atomic E-state index is 12.9. The average Bonchev–Trinajstić information content (AvgIpc) is 3.18. The van der Waals surface area contributed by atoms with Crippen LogP contribution in [-0.2, 0) is 4.74 Å². The molecule has 4 bridgehead atoms. The minimum absolute atomic E-state index is 0.0229. The lowest BCUT2D eigenvalue weighted by Crippen LogP contribution is -2.58. The van der Waals surface area contributed by atoms with Gasteiger partial charge < -0.3 is 20.1 Å². The largest absolute Gasteiger partial charge is 0.446 e. The van der Waals surface area contributed by atoms with Crippen molar-refractivity contribution in [3.63, 3.8) is 0 Å². The Morgan fingerprint density at radius 2 is 2.00 bits per heavy atom. The van der Waals surface area contributed by atoms with E-state index in [-0.39, 0.29) is 18.2 Å². The highest BCUT2D eigenvalue weighted by atomic mass is 35.5. The highest BCUT2D eigenvalue weighted by Crippen LogP contribution is 2.56. The van der Waals surface area contributed by atoms with E-state index in [0.29, 0.717) is 35.9 Å². The van der Waals surface area contributed by atoms with E-state index in [1.165, 1.54) is 0 Å². The zero-order valence-electron chi connectivity index (χ0n) is 17.5.